The summed E-state index contributed by atoms with van der Waals surface area (Å²) in [5.41, 5.74) is 3.84. The molecule has 1 aromatic carbocycles. The Balaban J connectivity index is 1.57. The quantitative estimate of drug-likeness (QED) is 0.612. The second-order valence-electron chi connectivity index (χ2n) is 7.36. The molecule has 0 N–H and O–H groups in total. The summed E-state index contributed by atoms with van der Waals surface area (Å²) in [4.78, 5) is 18.4. The molecule has 5 rings (SSSR count). The van der Waals surface area contributed by atoms with E-state index < -0.39 is 0 Å². The SMILES string of the molecule is COc1cccc(C#Cc2nc(N3CCOCC3)nc3c2CCN3c2ccncc2)c1. The normalized spacial score (nSPS) is 15.3. The van der Waals surface area contributed by atoms with Crippen LogP contribution in [0.3, 0.4) is 0 Å². The minimum absolute atomic E-state index is 0.680. The highest BCUT2D eigenvalue weighted by atomic mass is 16.5. The van der Waals surface area contributed by atoms with Crippen molar-refractivity contribution in [3.05, 3.63) is 65.6 Å². The van der Waals surface area contributed by atoms with Gasteiger partial charge in [-0.2, -0.15) is 4.98 Å². The van der Waals surface area contributed by atoms with Crippen LogP contribution in [0, 0.1) is 11.8 Å². The van der Waals surface area contributed by atoms with E-state index in [2.05, 4.69) is 26.6 Å². The van der Waals surface area contributed by atoms with Crippen molar-refractivity contribution >= 4 is 17.5 Å². The Labute approximate surface area is 181 Å². The van der Waals surface area contributed by atoms with Crippen LogP contribution < -0.4 is 14.5 Å². The fourth-order valence-electron chi connectivity index (χ4n) is 3.86. The number of ether oxygens (including phenoxy) is 2. The third kappa shape index (κ3) is 4.03. The number of morpholine rings is 1. The molecule has 0 unspecified atom stereocenters. The van der Waals surface area contributed by atoms with E-state index in [4.69, 9.17) is 19.4 Å². The van der Waals surface area contributed by atoms with Crippen LogP contribution in [-0.4, -0.2) is 54.9 Å². The lowest BCUT2D eigenvalue weighted by Crippen LogP contribution is -2.37. The zero-order valence-corrected chi connectivity index (χ0v) is 17.4. The molecule has 3 aromatic rings. The third-order valence-corrected chi connectivity index (χ3v) is 5.48. The zero-order chi connectivity index (χ0) is 21.0. The van der Waals surface area contributed by atoms with Gasteiger partial charge in [-0.25, -0.2) is 4.98 Å². The van der Waals surface area contributed by atoms with Crippen molar-refractivity contribution in [3.8, 4) is 17.6 Å². The van der Waals surface area contributed by atoms with Gasteiger partial charge in [-0.1, -0.05) is 12.0 Å². The van der Waals surface area contributed by atoms with Crippen LogP contribution >= 0.6 is 0 Å². The molecule has 7 heteroatoms. The summed E-state index contributed by atoms with van der Waals surface area (Å²) >= 11 is 0. The third-order valence-electron chi connectivity index (χ3n) is 5.48. The second kappa shape index (κ2) is 8.62. The van der Waals surface area contributed by atoms with Gasteiger partial charge in [-0.05, 0) is 42.7 Å². The van der Waals surface area contributed by atoms with Gasteiger partial charge in [-0.3, -0.25) is 4.98 Å². The fraction of sp³-hybridized carbons (Fsp3) is 0.292. The summed E-state index contributed by atoms with van der Waals surface area (Å²) in [6.45, 7) is 3.75. The maximum absolute atomic E-state index is 5.51. The molecule has 0 saturated carbocycles. The van der Waals surface area contributed by atoms with E-state index in [1.807, 2.05) is 36.4 Å². The molecule has 4 heterocycles. The molecule has 2 aliphatic heterocycles. The molecule has 0 atom stereocenters. The summed E-state index contributed by atoms with van der Waals surface area (Å²) in [5.74, 6) is 8.99. The summed E-state index contributed by atoms with van der Waals surface area (Å²) in [5, 5.41) is 0. The van der Waals surface area contributed by atoms with Crippen molar-refractivity contribution in [2.24, 2.45) is 0 Å². The van der Waals surface area contributed by atoms with E-state index in [1.54, 1.807) is 19.5 Å². The van der Waals surface area contributed by atoms with Crippen molar-refractivity contribution in [1.29, 1.82) is 0 Å². The lowest BCUT2D eigenvalue weighted by atomic mass is 10.1. The van der Waals surface area contributed by atoms with E-state index >= 15 is 0 Å². The molecule has 0 spiro atoms. The lowest BCUT2D eigenvalue weighted by Gasteiger charge is -2.28. The molecule has 156 valence electrons. The van der Waals surface area contributed by atoms with Crippen molar-refractivity contribution in [1.82, 2.24) is 15.0 Å². The van der Waals surface area contributed by atoms with Gasteiger partial charge in [-0.15, -0.1) is 0 Å². The maximum Gasteiger partial charge on any atom is 0.228 e. The summed E-state index contributed by atoms with van der Waals surface area (Å²) in [7, 11) is 1.66. The summed E-state index contributed by atoms with van der Waals surface area (Å²) in [6, 6.07) is 11.8. The summed E-state index contributed by atoms with van der Waals surface area (Å²) < 4.78 is 10.8. The number of hydrogen-bond acceptors (Lipinski definition) is 7. The second-order valence-corrected chi connectivity index (χ2v) is 7.36. The molecule has 7 nitrogen and oxygen atoms in total. The number of fused-ring (bicyclic) bond motifs is 1. The van der Waals surface area contributed by atoms with E-state index in [9.17, 15) is 0 Å². The van der Waals surface area contributed by atoms with Gasteiger partial charge in [0.15, 0.2) is 0 Å². The molecule has 1 fully saturated rings. The van der Waals surface area contributed by atoms with Crippen LogP contribution in [0.4, 0.5) is 17.5 Å². The molecule has 0 amide bonds. The number of aromatic nitrogens is 3. The monoisotopic (exact) mass is 413 g/mol. The standard InChI is InChI=1S/C24H23N5O2/c1-30-20-4-2-3-18(17-20)5-6-22-21-9-12-29(19-7-10-25-11-8-19)23(21)27-24(26-22)28-13-15-31-16-14-28/h2-4,7-8,10-11,17H,9,12-16H2,1H3. The van der Waals surface area contributed by atoms with Gasteiger partial charge in [0.05, 0.1) is 20.3 Å². The Morgan fingerprint density at radius 1 is 1.00 bits per heavy atom. The van der Waals surface area contributed by atoms with E-state index in [1.165, 1.54) is 0 Å². The minimum atomic E-state index is 0.680. The highest BCUT2D eigenvalue weighted by Gasteiger charge is 2.28. The minimum Gasteiger partial charge on any atom is -0.497 e. The number of nitrogens with zero attached hydrogens (tertiary/aromatic N) is 5. The van der Waals surface area contributed by atoms with Crippen molar-refractivity contribution < 1.29 is 9.47 Å². The van der Waals surface area contributed by atoms with Crippen molar-refractivity contribution in [2.75, 3.05) is 49.8 Å². The van der Waals surface area contributed by atoms with Crippen molar-refractivity contribution in [3.63, 3.8) is 0 Å². The number of hydrogen-bond donors (Lipinski definition) is 0. The Kier molecular flexibility index (Phi) is 5.38. The zero-order valence-electron chi connectivity index (χ0n) is 17.4. The van der Waals surface area contributed by atoms with Crippen molar-refractivity contribution in [2.45, 2.75) is 6.42 Å². The summed E-state index contributed by atoms with van der Waals surface area (Å²) in [6.07, 6.45) is 4.46. The highest BCUT2D eigenvalue weighted by Crippen LogP contribution is 2.35. The van der Waals surface area contributed by atoms with Gasteiger partial charge in [0, 0.05) is 48.8 Å². The Hall–Kier alpha value is -3.63. The topological polar surface area (TPSA) is 63.6 Å². The molecular formula is C24H23N5O2. The van der Waals surface area contributed by atoms with Gasteiger partial charge in [0.1, 0.15) is 17.3 Å². The molecule has 1 saturated heterocycles. The van der Waals surface area contributed by atoms with Gasteiger partial charge in [0.2, 0.25) is 5.95 Å². The van der Waals surface area contributed by atoms with Crippen LogP contribution in [0.5, 0.6) is 5.75 Å². The molecule has 2 aromatic heterocycles. The van der Waals surface area contributed by atoms with Crippen LogP contribution in [0.15, 0.2) is 48.8 Å². The van der Waals surface area contributed by atoms with Gasteiger partial charge in [0.25, 0.3) is 0 Å². The van der Waals surface area contributed by atoms with Crippen LogP contribution in [0.25, 0.3) is 0 Å². The van der Waals surface area contributed by atoms with Gasteiger partial charge < -0.3 is 19.3 Å². The largest absolute Gasteiger partial charge is 0.497 e. The smallest absolute Gasteiger partial charge is 0.228 e. The Morgan fingerprint density at radius 2 is 1.84 bits per heavy atom. The fourth-order valence-corrected chi connectivity index (χ4v) is 3.86. The first kappa shape index (κ1) is 19.3. The predicted molar refractivity (Wildman–Crippen MR) is 119 cm³/mol. The first-order valence-corrected chi connectivity index (χ1v) is 10.4. The van der Waals surface area contributed by atoms with E-state index in [-0.39, 0.29) is 0 Å². The molecular weight excluding hydrogens is 390 g/mol. The average molecular weight is 413 g/mol. The average Bonchev–Trinajstić information content (AvgIpc) is 3.28. The van der Waals surface area contributed by atoms with Crippen LogP contribution in [0.1, 0.15) is 16.8 Å². The van der Waals surface area contributed by atoms with Gasteiger partial charge >= 0.3 is 0 Å². The molecule has 0 radical (unpaired) electrons. The number of methoxy groups -OCH3 is 1. The maximum atomic E-state index is 5.51. The lowest BCUT2D eigenvalue weighted by molar-refractivity contribution is 0.122. The highest BCUT2D eigenvalue weighted by molar-refractivity contribution is 5.70. The van der Waals surface area contributed by atoms with E-state index in [0.29, 0.717) is 19.2 Å². The molecule has 0 aliphatic carbocycles. The number of anilines is 3. The number of benzene rings is 1. The van der Waals surface area contributed by atoms with E-state index in [0.717, 1.165) is 60.1 Å². The Bertz CT molecular complexity index is 1130. The number of pyridine rings is 1. The predicted octanol–water partition coefficient (Wildman–Crippen LogP) is 2.81. The van der Waals surface area contributed by atoms with Crippen LogP contribution in [-0.2, 0) is 11.2 Å². The first-order valence-electron chi connectivity index (χ1n) is 10.4. The Morgan fingerprint density at radius 3 is 2.65 bits per heavy atom. The first-order chi connectivity index (χ1) is 15.3. The molecule has 0 bridgehead atoms. The molecule has 31 heavy (non-hydrogen) atoms. The van der Waals surface area contributed by atoms with Crippen LogP contribution in [0.2, 0.25) is 0 Å². The molecule has 2 aliphatic rings. The number of rotatable bonds is 3.